The number of rotatable bonds is 4. The van der Waals surface area contributed by atoms with E-state index >= 15 is 0 Å². The van der Waals surface area contributed by atoms with E-state index in [1.54, 1.807) is 7.11 Å². The number of hydrogen-bond acceptors (Lipinski definition) is 2. The molecule has 14 heavy (non-hydrogen) atoms. The van der Waals surface area contributed by atoms with Crippen LogP contribution < -0.4 is 5.73 Å². The van der Waals surface area contributed by atoms with Gasteiger partial charge in [0.25, 0.3) is 0 Å². The predicted molar refractivity (Wildman–Crippen MR) is 54.8 cm³/mol. The minimum atomic E-state index is -0.374. The van der Waals surface area contributed by atoms with Crippen molar-refractivity contribution < 1.29 is 9.53 Å². The lowest BCUT2D eigenvalue weighted by Gasteiger charge is -2.19. The number of carbonyl (C=O) groups is 1. The number of methoxy groups -OCH3 is 1. The second kappa shape index (κ2) is 4.77. The molecule has 0 aliphatic carbocycles. The SMILES string of the molecule is COC(C)C(C(N)=O)c1ccccc1. The molecule has 0 aromatic heterocycles. The highest BCUT2D eigenvalue weighted by Gasteiger charge is 2.24. The fraction of sp³-hybridized carbons (Fsp3) is 0.364. The van der Waals surface area contributed by atoms with Crippen LogP contribution >= 0.6 is 0 Å². The van der Waals surface area contributed by atoms with Gasteiger partial charge in [0.05, 0.1) is 12.0 Å². The molecule has 1 rings (SSSR count). The normalized spacial score (nSPS) is 14.7. The maximum absolute atomic E-state index is 11.2. The maximum Gasteiger partial charge on any atom is 0.227 e. The molecule has 2 atom stereocenters. The summed E-state index contributed by atoms with van der Waals surface area (Å²) in [7, 11) is 1.57. The fourth-order valence-electron chi connectivity index (χ4n) is 1.46. The molecule has 0 spiro atoms. The van der Waals surface area contributed by atoms with E-state index < -0.39 is 0 Å². The number of ether oxygens (including phenoxy) is 1. The zero-order valence-electron chi connectivity index (χ0n) is 8.44. The average molecular weight is 193 g/mol. The first-order chi connectivity index (χ1) is 6.66. The fourth-order valence-corrected chi connectivity index (χ4v) is 1.46. The van der Waals surface area contributed by atoms with Crippen molar-refractivity contribution in [3.63, 3.8) is 0 Å². The molecule has 76 valence electrons. The van der Waals surface area contributed by atoms with Gasteiger partial charge in [-0.15, -0.1) is 0 Å². The Morgan fingerprint density at radius 2 is 1.93 bits per heavy atom. The van der Waals surface area contributed by atoms with Crippen LogP contribution in [-0.2, 0) is 9.53 Å². The van der Waals surface area contributed by atoms with Gasteiger partial charge in [-0.1, -0.05) is 30.3 Å². The molecule has 0 saturated heterocycles. The Labute approximate surface area is 83.9 Å². The summed E-state index contributed by atoms with van der Waals surface area (Å²) >= 11 is 0. The third-order valence-corrected chi connectivity index (χ3v) is 2.31. The molecule has 0 aliphatic rings. The summed E-state index contributed by atoms with van der Waals surface area (Å²) in [6.07, 6.45) is -0.199. The molecular formula is C11H15NO2. The third-order valence-electron chi connectivity index (χ3n) is 2.31. The van der Waals surface area contributed by atoms with Crippen molar-refractivity contribution in [1.29, 1.82) is 0 Å². The molecule has 0 radical (unpaired) electrons. The Bertz CT molecular complexity index is 297. The molecule has 0 bridgehead atoms. The molecular weight excluding hydrogens is 178 g/mol. The van der Waals surface area contributed by atoms with Gasteiger partial charge in [-0.3, -0.25) is 4.79 Å². The lowest BCUT2D eigenvalue weighted by atomic mass is 9.94. The molecule has 0 saturated carbocycles. The van der Waals surface area contributed by atoms with Crippen LogP contribution in [-0.4, -0.2) is 19.1 Å². The average Bonchev–Trinajstić information content (AvgIpc) is 2.19. The first kappa shape index (κ1) is 10.7. The van der Waals surface area contributed by atoms with Crippen molar-refractivity contribution in [3.05, 3.63) is 35.9 Å². The van der Waals surface area contributed by atoms with Gasteiger partial charge >= 0.3 is 0 Å². The van der Waals surface area contributed by atoms with Crippen molar-refractivity contribution in [3.8, 4) is 0 Å². The Morgan fingerprint density at radius 1 is 1.36 bits per heavy atom. The molecule has 1 aromatic carbocycles. The highest BCUT2D eigenvalue weighted by molar-refractivity contribution is 5.82. The highest BCUT2D eigenvalue weighted by Crippen LogP contribution is 2.20. The van der Waals surface area contributed by atoms with Gasteiger partial charge in [0, 0.05) is 7.11 Å². The van der Waals surface area contributed by atoms with Crippen molar-refractivity contribution >= 4 is 5.91 Å². The lowest BCUT2D eigenvalue weighted by Crippen LogP contribution is -2.30. The van der Waals surface area contributed by atoms with Gasteiger partial charge in [0.15, 0.2) is 0 Å². The zero-order valence-corrected chi connectivity index (χ0v) is 8.44. The predicted octanol–water partition coefficient (Wildman–Crippen LogP) is 1.29. The number of amides is 1. The molecule has 3 heteroatoms. The lowest BCUT2D eigenvalue weighted by molar-refractivity contribution is -0.122. The molecule has 0 fully saturated rings. The van der Waals surface area contributed by atoms with Crippen LogP contribution in [0, 0.1) is 0 Å². The molecule has 2 unspecified atom stereocenters. The summed E-state index contributed by atoms with van der Waals surface area (Å²) in [6, 6.07) is 9.43. The van der Waals surface area contributed by atoms with E-state index in [9.17, 15) is 4.79 Å². The van der Waals surface area contributed by atoms with Crippen LogP contribution in [0.2, 0.25) is 0 Å². The highest BCUT2D eigenvalue weighted by atomic mass is 16.5. The van der Waals surface area contributed by atoms with Crippen molar-refractivity contribution in [2.45, 2.75) is 18.9 Å². The van der Waals surface area contributed by atoms with Gasteiger partial charge < -0.3 is 10.5 Å². The van der Waals surface area contributed by atoms with E-state index in [-0.39, 0.29) is 17.9 Å². The molecule has 0 heterocycles. The van der Waals surface area contributed by atoms with Gasteiger partial charge in [-0.2, -0.15) is 0 Å². The van der Waals surface area contributed by atoms with E-state index in [4.69, 9.17) is 10.5 Å². The Balaban J connectivity index is 2.95. The van der Waals surface area contributed by atoms with Gasteiger partial charge in [0.1, 0.15) is 0 Å². The van der Waals surface area contributed by atoms with E-state index in [1.807, 2.05) is 37.3 Å². The Hall–Kier alpha value is -1.35. The summed E-state index contributed by atoms with van der Waals surface area (Å²) in [5.41, 5.74) is 6.22. The van der Waals surface area contributed by atoms with E-state index in [0.717, 1.165) is 5.56 Å². The summed E-state index contributed by atoms with van der Waals surface area (Å²) in [5.74, 6) is -0.730. The second-order valence-electron chi connectivity index (χ2n) is 3.23. The zero-order chi connectivity index (χ0) is 10.6. The molecule has 1 amide bonds. The first-order valence-corrected chi connectivity index (χ1v) is 4.54. The van der Waals surface area contributed by atoms with Crippen LogP contribution in [0.25, 0.3) is 0 Å². The molecule has 1 aromatic rings. The van der Waals surface area contributed by atoms with E-state index in [0.29, 0.717) is 0 Å². The van der Waals surface area contributed by atoms with E-state index in [2.05, 4.69) is 0 Å². The smallest absolute Gasteiger partial charge is 0.227 e. The number of hydrogen-bond donors (Lipinski definition) is 1. The Kier molecular flexibility index (Phi) is 3.65. The van der Waals surface area contributed by atoms with Crippen molar-refractivity contribution in [1.82, 2.24) is 0 Å². The summed E-state index contributed by atoms with van der Waals surface area (Å²) in [4.78, 5) is 11.2. The van der Waals surface area contributed by atoms with E-state index in [1.165, 1.54) is 0 Å². The first-order valence-electron chi connectivity index (χ1n) is 4.54. The van der Waals surface area contributed by atoms with Crippen LogP contribution in [0.15, 0.2) is 30.3 Å². The number of nitrogens with two attached hydrogens (primary N) is 1. The van der Waals surface area contributed by atoms with Crippen LogP contribution in [0.5, 0.6) is 0 Å². The molecule has 2 N–H and O–H groups in total. The van der Waals surface area contributed by atoms with Crippen molar-refractivity contribution in [2.75, 3.05) is 7.11 Å². The summed E-state index contributed by atoms with van der Waals surface area (Å²) in [6.45, 7) is 1.84. The van der Waals surface area contributed by atoms with Crippen LogP contribution in [0.4, 0.5) is 0 Å². The minimum Gasteiger partial charge on any atom is -0.381 e. The summed E-state index contributed by atoms with van der Waals surface area (Å²) < 4.78 is 5.13. The monoisotopic (exact) mass is 193 g/mol. The molecule has 3 nitrogen and oxygen atoms in total. The number of benzene rings is 1. The minimum absolute atomic E-state index is 0.199. The third kappa shape index (κ3) is 2.33. The maximum atomic E-state index is 11.2. The van der Waals surface area contributed by atoms with Gasteiger partial charge in [0.2, 0.25) is 5.91 Å². The van der Waals surface area contributed by atoms with Crippen LogP contribution in [0.1, 0.15) is 18.4 Å². The second-order valence-corrected chi connectivity index (χ2v) is 3.23. The van der Waals surface area contributed by atoms with Gasteiger partial charge in [-0.05, 0) is 12.5 Å². The quantitative estimate of drug-likeness (QED) is 0.783. The summed E-state index contributed by atoms with van der Waals surface area (Å²) in [5, 5.41) is 0. The standard InChI is InChI=1S/C11H15NO2/c1-8(14-2)10(11(12)13)9-6-4-3-5-7-9/h3-8,10H,1-2H3,(H2,12,13). The topological polar surface area (TPSA) is 52.3 Å². The number of carbonyl (C=O) groups excluding carboxylic acids is 1. The van der Waals surface area contributed by atoms with Gasteiger partial charge in [-0.25, -0.2) is 0 Å². The Morgan fingerprint density at radius 3 is 2.36 bits per heavy atom. The van der Waals surface area contributed by atoms with Crippen LogP contribution in [0.3, 0.4) is 0 Å². The van der Waals surface area contributed by atoms with Crippen molar-refractivity contribution in [2.24, 2.45) is 5.73 Å². The largest absolute Gasteiger partial charge is 0.381 e. The number of primary amides is 1. The molecule has 0 aliphatic heterocycles.